The van der Waals surface area contributed by atoms with Gasteiger partial charge in [0.1, 0.15) is 0 Å². The Hall–Kier alpha value is -1.39. The minimum Gasteiger partial charge on any atom is -0.481 e. The number of rotatable bonds is 7. The van der Waals surface area contributed by atoms with Crippen molar-refractivity contribution in [2.75, 3.05) is 32.7 Å². The van der Waals surface area contributed by atoms with Gasteiger partial charge in [-0.15, -0.1) is 0 Å². The largest absolute Gasteiger partial charge is 0.481 e. The van der Waals surface area contributed by atoms with Crippen molar-refractivity contribution in [3.63, 3.8) is 0 Å². The second kappa shape index (κ2) is 8.15. The molecule has 4 nitrogen and oxygen atoms in total. The molecule has 1 heterocycles. The summed E-state index contributed by atoms with van der Waals surface area (Å²) < 4.78 is 0. The van der Waals surface area contributed by atoms with Gasteiger partial charge in [-0.05, 0) is 12.0 Å². The normalized spacial score (nSPS) is 18.5. The molecular weight excluding hydrogens is 264 g/mol. The second-order valence-electron chi connectivity index (χ2n) is 5.74. The molecule has 1 fully saturated rings. The molecule has 116 valence electrons. The lowest BCUT2D eigenvalue weighted by atomic mass is 10.00. The van der Waals surface area contributed by atoms with Crippen LogP contribution < -0.4 is 0 Å². The van der Waals surface area contributed by atoms with Crippen LogP contribution in [-0.2, 0) is 4.79 Å². The van der Waals surface area contributed by atoms with Crippen molar-refractivity contribution in [2.24, 2.45) is 0 Å². The van der Waals surface area contributed by atoms with Crippen LogP contribution in [0.1, 0.15) is 37.8 Å². The molecule has 1 unspecified atom stereocenters. The SMILES string of the molecule is CCCC(c1ccccc1)N1CCN(CCC(=O)O)CC1. The molecule has 2 rings (SSSR count). The van der Waals surface area contributed by atoms with Crippen molar-refractivity contribution < 1.29 is 9.90 Å². The molecule has 21 heavy (non-hydrogen) atoms. The van der Waals surface area contributed by atoms with E-state index in [-0.39, 0.29) is 6.42 Å². The predicted molar refractivity (Wildman–Crippen MR) is 84.4 cm³/mol. The number of benzene rings is 1. The van der Waals surface area contributed by atoms with Gasteiger partial charge in [0, 0.05) is 38.8 Å². The van der Waals surface area contributed by atoms with E-state index in [0.717, 1.165) is 26.2 Å². The third-order valence-electron chi connectivity index (χ3n) is 4.24. The second-order valence-corrected chi connectivity index (χ2v) is 5.74. The van der Waals surface area contributed by atoms with Crippen LogP contribution >= 0.6 is 0 Å². The monoisotopic (exact) mass is 290 g/mol. The number of piperazine rings is 1. The molecule has 1 N–H and O–H groups in total. The van der Waals surface area contributed by atoms with Crippen molar-refractivity contribution in [1.29, 1.82) is 0 Å². The molecule has 0 aliphatic carbocycles. The molecule has 1 atom stereocenters. The standard InChI is InChI=1S/C17H26N2O2/c1-2-6-16(15-7-4-3-5-8-15)19-13-11-18(12-14-19)10-9-17(20)21/h3-5,7-8,16H,2,6,9-14H2,1H3,(H,20,21). The van der Waals surface area contributed by atoms with Crippen molar-refractivity contribution in [1.82, 2.24) is 9.80 Å². The summed E-state index contributed by atoms with van der Waals surface area (Å²) in [5, 5.41) is 8.77. The zero-order valence-corrected chi connectivity index (χ0v) is 12.9. The summed E-state index contributed by atoms with van der Waals surface area (Å²) in [6.07, 6.45) is 2.61. The Kier molecular flexibility index (Phi) is 6.21. The number of nitrogens with zero attached hydrogens (tertiary/aromatic N) is 2. The van der Waals surface area contributed by atoms with E-state index in [0.29, 0.717) is 12.6 Å². The van der Waals surface area contributed by atoms with E-state index in [9.17, 15) is 4.79 Å². The summed E-state index contributed by atoms with van der Waals surface area (Å²) in [7, 11) is 0. The topological polar surface area (TPSA) is 43.8 Å². The van der Waals surface area contributed by atoms with Crippen LogP contribution in [0, 0.1) is 0 Å². The maximum Gasteiger partial charge on any atom is 0.304 e. The number of carboxylic acid groups (broad SMARTS) is 1. The average molecular weight is 290 g/mol. The van der Waals surface area contributed by atoms with Crippen molar-refractivity contribution in [2.45, 2.75) is 32.2 Å². The minimum absolute atomic E-state index is 0.247. The number of aliphatic carboxylic acids is 1. The molecule has 1 aliphatic heterocycles. The fraction of sp³-hybridized carbons (Fsp3) is 0.588. The molecule has 0 radical (unpaired) electrons. The number of carbonyl (C=O) groups is 1. The van der Waals surface area contributed by atoms with E-state index < -0.39 is 5.97 Å². The summed E-state index contributed by atoms with van der Waals surface area (Å²) in [5.41, 5.74) is 1.40. The van der Waals surface area contributed by atoms with E-state index in [1.165, 1.54) is 18.4 Å². The van der Waals surface area contributed by atoms with E-state index in [1.54, 1.807) is 0 Å². The Morgan fingerprint density at radius 3 is 2.43 bits per heavy atom. The van der Waals surface area contributed by atoms with Gasteiger partial charge in [0.05, 0.1) is 6.42 Å². The first-order valence-corrected chi connectivity index (χ1v) is 7.94. The first kappa shape index (κ1) is 16.0. The zero-order valence-electron chi connectivity index (χ0n) is 12.9. The molecule has 1 aliphatic rings. The third-order valence-corrected chi connectivity index (χ3v) is 4.24. The summed E-state index contributed by atoms with van der Waals surface area (Å²) in [4.78, 5) is 15.5. The van der Waals surface area contributed by atoms with Crippen LogP contribution in [-0.4, -0.2) is 53.6 Å². The first-order valence-electron chi connectivity index (χ1n) is 7.94. The lowest BCUT2D eigenvalue weighted by molar-refractivity contribution is -0.137. The van der Waals surface area contributed by atoms with Crippen LogP contribution in [0.2, 0.25) is 0 Å². The van der Waals surface area contributed by atoms with Crippen molar-refractivity contribution in [3.8, 4) is 0 Å². The maximum absolute atomic E-state index is 10.6. The summed E-state index contributed by atoms with van der Waals surface area (Å²) >= 11 is 0. The molecule has 0 spiro atoms. The molecule has 1 saturated heterocycles. The van der Waals surface area contributed by atoms with Gasteiger partial charge in [-0.2, -0.15) is 0 Å². The lowest BCUT2D eigenvalue weighted by Gasteiger charge is -2.39. The highest BCUT2D eigenvalue weighted by Gasteiger charge is 2.24. The fourth-order valence-corrected chi connectivity index (χ4v) is 3.06. The number of carboxylic acids is 1. The van der Waals surface area contributed by atoms with Gasteiger partial charge in [-0.3, -0.25) is 9.69 Å². The fourth-order valence-electron chi connectivity index (χ4n) is 3.06. The highest BCUT2D eigenvalue weighted by atomic mass is 16.4. The highest BCUT2D eigenvalue weighted by Crippen LogP contribution is 2.26. The third kappa shape index (κ3) is 4.83. The predicted octanol–water partition coefficient (Wildman–Crippen LogP) is 2.62. The highest BCUT2D eigenvalue weighted by molar-refractivity contribution is 5.66. The molecular formula is C17H26N2O2. The molecule has 1 aromatic carbocycles. The van der Waals surface area contributed by atoms with Crippen molar-refractivity contribution >= 4 is 5.97 Å². The van der Waals surface area contributed by atoms with Crippen molar-refractivity contribution in [3.05, 3.63) is 35.9 Å². The average Bonchev–Trinajstić information content (AvgIpc) is 2.52. The quantitative estimate of drug-likeness (QED) is 0.838. The number of hydrogen-bond acceptors (Lipinski definition) is 3. The number of hydrogen-bond donors (Lipinski definition) is 1. The molecule has 0 aromatic heterocycles. The molecule has 0 saturated carbocycles. The first-order chi connectivity index (χ1) is 10.2. The van der Waals surface area contributed by atoms with Crippen LogP contribution in [0.15, 0.2) is 30.3 Å². The van der Waals surface area contributed by atoms with Gasteiger partial charge in [-0.1, -0.05) is 43.7 Å². The molecule has 0 bridgehead atoms. The van der Waals surface area contributed by atoms with Gasteiger partial charge in [0.2, 0.25) is 0 Å². The lowest BCUT2D eigenvalue weighted by Crippen LogP contribution is -2.48. The summed E-state index contributed by atoms with van der Waals surface area (Å²) in [6.45, 7) is 6.91. The summed E-state index contributed by atoms with van der Waals surface area (Å²) in [6, 6.07) is 11.2. The Labute approximate surface area is 127 Å². The van der Waals surface area contributed by atoms with Gasteiger partial charge < -0.3 is 10.0 Å². The van der Waals surface area contributed by atoms with E-state index in [2.05, 4.69) is 47.1 Å². The maximum atomic E-state index is 10.6. The van der Waals surface area contributed by atoms with Crippen LogP contribution in [0.5, 0.6) is 0 Å². The van der Waals surface area contributed by atoms with Gasteiger partial charge in [-0.25, -0.2) is 0 Å². The Balaban J connectivity index is 1.90. The van der Waals surface area contributed by atoms with Gasteiger partial charge in [0.25, 0.3) is 0 Å². The molecule has 4 heteroatoms. The van der Waals surface area contributed by atoms with Crippen LogP contribution in [0.4, 0.5) is 0 Å². The van der Waals surface area contributed by atoms with E-state index >= 15 is 0 Å². The Morgan fingerprint density at radius 2 is 1.86 bits per heavy atom. The summed E-state index contributed by atoms with van der Waals surface area (Å²) in [5.74, 6) is -0.703. The van der Waals surface area contributed by atoms with Gasteiger partial charge in [0.15, 0.2) is 0 Å². The Bertz CT molecular complexity index is 428. The zero-order chi connectivity index (χ0) is 15.1. The van der Waals surface area contributed by atoms with Crippen LogP contribution in [0.3, 0.4) is 0 Å². The Morgan fingerprint density at radius 1 is 1.19 bits per heavy atom. The van der Waals surface area contributed by atoms with E-state index in [1.807, 2.05) is 0 Å². The van der Waals surface area contributed by atoms with E-state index in [4.69, 9.17) is 5.11 Å². The smallest absolute Gasteiger partial charge is 0.304 e. The molecule has 1 aromatic rings. The van der Waals surface area contributed by atoms with Crippen LogP contribution in [0.25, 0.3) is 0 Å². The van der Waals surface area contributed by atoms with Gasteiger partial charge >= 0.3 is 5.97 Å². The minimum atomic E-state index is -0.703. The molecule has 0 amide bonds.